The van der Waals surface area contributed by atoms with E-state index in [1.54, 1.807) is 12.1 Å². The molecule has 28 heavy (non-hydrogen) atoms. The summed E-state index contributed by atoms with van der Waals surface area (Å²) in [6.07, 6.45) is 0.536. The van der Waals surface area contributed by atoms with E-state index in [2.05, 4.69) is 10.0 Å². The molecule has 0 saturated carbocycles. The van der Waals surface area contributed by atoms with Crippen LogP contribution in [0.25, 0.3) is 0 Å². The predicted molar refractivity (Wildman–Crippen MR) is 110 cm³/mol. The van der Waals surface area contributed by atoms with Gasteiger partial charge in [0.2, 0.25) is 15.9 Å². The van der Waals surface area contributed by atoms with Crippen LogP contribution in [0, 0.1) is 0 Å². The van der Waals surface area contributed by atoms with Crippen molar-refractivity contribution < 1.29 is 13.2 Å². The van der Waals surface area contributed by atoms with E-state index in [-0.39, 0.29) is 10.8 Å². The molecule has 5 nitrogen and oxygen atoms in total. The molecule has 3 aromatic carbocycles. The van der Waals surface area contributed by atoms with Crippen LogP contribution in [-0.4, -0.2) is 14.3 Å². The van der Waals surface area contributed by atoms with Crippen LogP contribution >= 0.6 is 0 Å². The molecule has 0 fully saturated rings. The van der Waals surface area contributed by atoms with Crippen molar-refractivity contribution in [3.8, 4) is 0 Å². The number of rotatable bonds is 7. The molecule has 144 valence electrons. The Morgan fingerprint density at radius 1 is 0.857 bits per heavy atom. The maximum Gasteiger partial charge on any atom is 0.241 e. The standard InChI is InChI=1S/C22H22N2O3S/c1-17(25)23-20-12-14-21(15-13-20)28(26,27)24-22(19-10-6-3-7-11-19)16-18-8-4-2-5-9-18/h2-15,22,24H,16H2,1H3,(H,23,25). The van der Waals surface area contributed by atoms with Gasteiger partial charge in [0.1, 0.15) is 0 Å². The molecule has 1 atom stereocenters. The SMILES string of the molecule is CC(=O)Nc1ccc(S(=O)(=O)NC(Cc2ccccc2)c2ccccc2)cc1. The number of amides is 1. The average molecular weight is 394 g/mol. The van der Waals surface area contributed by atoms with E-state index in [9.17, 15) is 13.2 Å². The molecule has 0 spiro atoms. The van der Waals surface area contributed by atoms with Gasteiger partial charge in [-0.1, -0.05) is 60.7 Å². The van der Waals surface area contributed by atoms with Crippen LogP contribution in [0.3, 0.4) is 0 Å². The van der Waals surface area contributed by atoms with Gasteiger partial charge in [0.15, 0.2) is 0 Å². The zero-order valence-corrected chi connectivity index (χ0v) is 16.3. The van der Waals surface area contributed by atoms with Crippen LogP contribution in [0.4, 0.5) is 5.69 Å². The van der Waals surface area contributed by atoms with Gasteiger partial charge in [0, 0.05) is 12.6 Å². The van der Waals surface area contributed by atoms with E-state index < -0.39 is 16.1 Å². The molecule has 0 aromatic heterocycles. The second-order valence-corrected chi connectivity index (χ2v) is 8.19. The first-order valence-corrected chi connectivity index (χ1v) is 10.4. The Bertz CT molecular complexity index is 1020. The van der Waals surface area contributed by atoms with Gasteiger partial charge >= 0.3 is 0 Å². The maximum atomic E-state index is 12.9. The van der Waals surface area contributed by atoms with Crippen molar-refractivity contribution in [3.63, 3.8) is 0 Å². The summed E-state index contributed by atoms with van der Waals surface area (Å²) in [4.78, 5) is 11.3. The molecule has 6 heteroatoms. The molecular formula is C22H22N2O3S. The number of carbonyl (C=O) groups excluding carboxylic acids is 1. The molecule has 3 rings (SSSR count). The van der Waals surface area contributed by atoms with E-state index in [0.29, 0.717) is 12.1 Å². The van der Waals surface area contributed by atoms with Crippen LogP contribution in [0.2, 0.25) is 0 Å². The third-order valence-corrected chi connectivity index (χ3v) is 5.75. The van der Waals surface area contributed by atoms with Gasteiger partial charge in [-0.05, 0) is 41.8 Å². The van der Waals surface area contributed by atoms with Gasteiger partial charge in [-0.15, -0.1) is 0 Å². The molecule has 0 heterocycles. The minimum Gasteiger partial charge on any atom is -0.326 e. The first kappa shape index (κ1) is 19.8. The first-order valence-electron chi connectivity index (χ1n) is 8.93. The van der Waals surface area contributed by atoms with E-state index in [4.69, 9.17) is 0 Å². The lowest BCUT2D eigenvalue weighted by Crippen LogP contribution is -2.30. The number of nitrogens with one attached hydrogen (secondary N) is 2. The van der Waals surface area contributed by atoms with Crippen LogP contribution in [0.15, 0.2) is 89.8 Å². The van der Waals surface area contributed by atoms with Crippen LogP contribution in [-0.2, 0) is 21.2 Å². The molecule has 0 aliphatic rings. The lowest BCUT2D eigenvalue weighted by molar-refractivity contribution is -0.114. The molecular weight excluding hydrogens is 372 g/mol. The summed E-state index contributed by atoms with van der Waals surface area (Å²) in [5.41, 5.74) is 2.49. The summed E-state index contributed by atoms with van der Waals surface area (Å²) >= 11 is 0. The molecule has 0 aliphatic heterocycles. The highest BCUT2D eigenvalue weighted by molar-refractivity contribution is 7.89. The lowest BCUT2D eigenvalue weighted by atomic mass is 10.00. The lowest BCUT2D eigenvalue weighted by Gasteiger charge is -2.20. The van der Waals surface area contributed by atoms with E-state index in [1.807, 2.05) is 60.7 Å². The Balaban J connectivity index is 1.85. The quantitative estimate of drug-likeness (QED) is 0.638. The number of carbonyl (C=O) groups is 1. The van der Waals surface area contributed by atoms with E-state index in [0.717, 1.165) is 11.1 Å². The van der Waals surface area contributed by atoms with Crippen molar-refractivity contribution in [3.05, 3.63) is 96.1 Å². The number of sulfonamides is 1. The number of hydrogen-bond donors (Lipinski definition) is 2. The molecule has 0 bridgehead atoms. The molecule has 1 amide bonds. The Kier molecular flexibility index (Phi) is 6.23. The van der Waals surface area contributed by atoms with Gasteiger partial charge in [-0.2, -0.15) is 0 Å². The Morgan fingerprint density at radius 3 is 2.00 bits per heavy atom. The van der Waals surface area contributed by atoms with Gasteiger partial charge in [-0.3, -0.25) is 4.79 Å². The van der Waals surface area contributed by atoms with Crippen LogP contribution < -0.4 is 10.0 Å². The number of hydrogen-bond acceptors (Lipinski definition) is 3. The smallest absolute Gasteiger partial charge is 0.241 e. The maximum absolute atomic E-state index is 12.9. The molecule has 0 saturated heterocycles. The fraction of sp³-hybridized carbons (Fsp3) is 0.136. The minimum atomic E-state index is -3.74. The zero-order valence-electron chi connectivity index (χ0n) is 15.5. The molecule has 2 N–H and O–H groups in total. The third-order valence-electron chi connectivity index (χ3n) is 4.27. The van der Waals surface area contributed by atoms with E-state index in [1.165, 1.54) is 19.1 Å². The summed E-state index contributed by atoms with van der Waals surface area (Å²) in [5, 5.41) is 2.63. The van der Waals surface area contributed by atoms with Crippen molar-refractivity contribution in [2.45, 2.75) is 24.3 Å². The summed E-state index contributed by atoms with van der Waals surface area (Å²) in [6.45, 7) is 1.40. The van der Waals surface area contributed by atoms with Crippen molar-refractivity contribution in [2.75, 3.05) is 5.32 Å². The summed E-state index contributed by atoms with van der Waals surface area (Å²) in [6, 6.07) is 25.0. The second-order valence-electron chi connectivity index (χ2n) is 6.48. The monoisotopic (exact) mass is 394 g/mol. The Morgan fingerprint density at radius 2 is 1.43 bits per heavy atom. The highest BCUT2D eigenvalue weighted by Crippen LogP contribution is 2.22. The number of anilines is 1. The topological polar surface area (TPSA) is 75.3 Å². The van der Waals surface area contributed by atoms with Crippen LogP contribution in [0.1, 0.15) is 24.1 Å². The van der Waals surface area contributed by atoms with Gasteiger partial charge < -0.3 is 5.32 Å². The third kappa shape index (κ3) is 5.28. The fourth-order valence-corrected chi connectivity index (χ4v) is 4.16. The zero-order chi connectivity index (χ0) is 20.0. The van der Waals surface area contributed by atoms with Crippen molar-refractivity contribution in [1.82, 2.24) is 4.72 Å². The molecule has 0 radical (unpaired) electrons. The molecule has 3 aromatic rings. The normalized spacial score (nSPS) is 12.3. The van der Waals surface area contributed by atoms with Crippen molar-refractivity contribution >= 4 is 21.6 Å². The summed E-state index contributed by atoms with van der Waals surface area (Å²) in [5.74, 6) is -0.208. The largest absolute Gasteiger partial charge is 0.326 e. The number of benzene rings is 3. The molecule has 0 aliphatic carbocycles. The second kappa shape index (κ2) is 8.82. The molecule has 1 unspecified atom stereocenters. The van der Waals surface area contributed by atoms with Gasteiger partial charge in [0.05, 0.1) is 10.9 Å². The average Bonchev–Trinajstić information content (AvgIpc) is 2.69. The van der Waals surface area contributed by atoms with Crippen molar-refractivity contribution in [1.29, 1.82) is 0 Å². The minimum absolute atomic E-state index is 0.149. The highest BCUT2D eigenvalue weighted by Gasteiger charge is 2.22. The first-order chi connectivity index (χ1) is 13.4. The highest BCUT2D eigenvalue weighted by atomic mass is 32.2. The van der Waals surface area contributed by atoms with Gasteiger partial charge in [-0.25, -0.2) is 13.1 Å². The van der Waals surface area contributed by atoms with E-state index >= 15 is 0 Å². The Labute approximate surface area is 165 Å². The van der Waals surface area contributed by atoms with Crippen molar-refractivity contribution in [2.24, 2.45) is 0 Å². The fourth-order valence-electron chi connectivity index (χ4n) is 2.94. The summed E-state index contributed by atoms with van der Waals surface area (Å²) in [7, 11) is -3.74. The summed E-state index contributed by atoms with van der Waals surface area (Å²) < 4.78 is 28.7. The Hall–Kier alpha value is -2.96. The predicted octanol–water partition coefficient (Wildman–Crippen LogP) is 3.91. The van der Waals surface area contributed by atoms with Crippen LogP contribution in [0.5, 0.6) is 0 Å². The van der Waals surface area contributed by atoms with Gasteiger partial charge in [0.25, 0.3) is 0 Å².